The monoisotopic (exact) mass is 294 g/mol. The summed E-state index contributed by atoms with van der Waals surface area (Å²) in [4.78, 5) is 0. The molecule has 1 N–H and O–H groups in total. The third-order valence-corrected chi connectivity index (χ3v) is 3.99. The van der Waals surface area contributed by atoms with Crippen molar-refractivity contribution < 1.29 is 0 Å². The summed E-state index contributed by atoms with van der Waals surface area (Å²) in [6.07, 6.45) is 0.0996. The molecule has 0 saturated heterocycles. The van der Waals surface area contributed by atoms with Crippen LogP contribution in [0.2, 0.25) is 0 Å². The van der Waals surface area contributed by atoms with Gasteiger partial charge in [-0.15, -0.1) is 5.10 Å². The molecule has 0 bridgehead atoms. The average Bonchev–Trinajstić information content (AvgIpc) is 2.96. The van der Waals surface area contributed by atoms with Gasteiger partial charge in [0.15, 0.2) is 0 Å². The maximum atomic E-state index is 4.37. The summed E-state index contributed by atoms with van der Waals surface area (Å²) in [5.41, 5.74) is 3.27. The second-order valence-electron chi connectivity index (χ2n) is 6.01. The lowest BCUT2D eigenvalue weighted by Gasteiger charge is -2.27. The molecule has 22 heavy (non-hydrogen) atoms. The van der Waals surface area contributed by atoms with Gasteiger partial charge < -0.3 is 0 Å². The topological polar surface area (TPSA) is 42.7 Å². The predicted molar refractivity (Wildman–Crippen MR) is 89.4 cm³/mol. The summed E-state index contributed by atoms with van der Waals surface area (Å²) in [7, 11) is 0. The van der Waals surface area contributed by atoms with Crippen LogP contribution in [0.1, 0.15) is 38.5 Å². The summed E-state index contributed by atoms with van der Waals surface area (Å²) in [5, 5.41) is 12.3. The maximum absolute atomic E-state index is 4.37. The van der Waals surface area contributed by atoms with E-state index in [0.717, 1.165) is 11.0 Å². The fraction of sp³-hybridized carbons (Fsp3) is 0.333. The molecule has 0 aliphatic carbocycles. The minimum absolute atomic E-state index is 0.0996. The smallest absolute Gasteiger partial charge is 0.113 e. The third-order valence-electron chi connectivity index (χ3n) is 3.99. The van der Waals surface area contributed by atoms with E-state index < -0.39 is 0 Å². The molecule has 0 radical (unpaired) electrons. The normalized spacial score (nSPS) is 14.4. The maximum Gasteiger partial charge on any atom is 0.113 e. The van der Waals surface area contributed by atoms with Crippen molar-refractivity contribution >= 4 is 11.0 Å². The molecule has 0 spiro atoms. The first kappa shape index (κ1) is 14.7. The lowest BCUT2D eigenvalue weighted by atomic mass is 10.1. The lowest BCUT2D eigenvalue weighted by Crippen LogP contribution is -2.33. The van der Waals surface area contributed by atoms with E-state index in [2.05, 4.69) is 66.7 Å². The molecule has 0 aliphatic rings. The SMILES string of the molecule is CC(NC(C(C)C)n1nnc2ccccc21)c1ccccc1. The summed E-state index contributed by atoms with van der Waals surface area (Å²) in [6, 6.07) is 18.8. The van der Waals surface area contributed by atoms with E-state index in [9.17, 15) is 0 Å². The van der Waals surface area contributed by atoms with Crippen molar-refractivity contribution in [1.82, 2.24) is 20.3 Å². The van der Waals surface area contributed by atoms with Crippen molar-refractivity contribution in [1.29, 1.82) is 0 Å². The van der Waals surface area contributed by atoms with E-state index in [1.165, 1.54) is 5.56 Å². The molecule has 2 atom stereocenters. The van der Waals surface area contributed by atoms with Crippen molar-refractivity contribution in [3.8, 4) is 0 Å². The lowest BCUT2D eigenvalue weighted by molar-refractivity contribution is 0.262. The van der Waals surface area contributed by atoms with Gasteiger partial charge in [-0.3, -0.25) is 5.32 Å². The number of nitrogens with zero attached hydrogens (tertiary/aromatic N) is 3. The second kappa shape index (κ2) is 6.28. The van der Waals surface area contributed by atoms with Crippen LogP contribution in [0.15, 0.2) is 54.6 Å². The molecule has 0 fully saturated rings. The fourth-order valence-electron chi connectivity index (χ4n) is 2.73. The van der Waals surface area contributed by atoms with E-state index in [4.69, 9.17) is 0 Å². The van der Waals surface area contributed by atoms with Gasteiger partial charge >= 0.3 is 0 Å². The molecule has 114 valence electrons. The third kappa shape index (κ3) is 2.88. The Morgan fingerprint density at radius 3 is 2.32 bits per heavy atom. The number of fused-ring (bicyclic) bond motifs is 1. The molecule has 3 rings (SSSR count). The van der Waals surface area contributed by atoms with Crippen molar-refractivity contribution in [3.63, 3.8) is 0 Å². The van der Waals surface area contributed by atoms with E-state index in [1.54, 1.807) is 0 Å². The average molecular weight is 294 g/mol. The number of hydrogen-bond acceptors (Lipinski definition) is 3. The second-order valence-corrected chi connectivity index (χ2v) is 6.01. The molecule has 3 aromatic rings. The van der Waals surface area contributed by atoms with E-state index in [1.807, 2.05) is 28.9 Å². The van der Waals surface area contributed by atoms with Gasteiger partial charge in [0.25, 0.3) is 0 Å². The molecule has 1 aromatic heterocycles. The molecular formula is C18H22N4. The van der Waals surface area contributed by atoms with Crippen LogP contribution in [0.5, 0.6) is 0 Å². The van der Waals surface area contributed by atoms with E-state index in [-0.39, 0.29) is 12.2 Å². The predicted octanol–water partition coefficient (Wildman–Crippen LogP) is 3.94. The molecule has 2 unspecified atom stereocenters. The number of rotatable bonds is 5. The standard InChI is InChI=1S/C18H22N4/c1-13(2)18(19-14(3)15-9-5-4-6-10-15)22-17-12-8-7-11-16(17)20-21-22/h4-14,18-19H,1-3H3. The molecule has 0 amide bonds. The first-order chi connectivity index (χ1) is 10.7. The van der Waals surface area contributed by atoms with Gasteiger partial charge in [0.1, 0.15) is 11.7 Å². The highest BCUT2D eigenvalue weighted by Crippen LogP contribution is 2.23. The zero-order valence-corrected chi connectivity index (χ0v) is 13.3. The Morgan fingerprint density at radius 1 is 0.909 bits per heavy atom. The summed E-state index contributed by atoms with van der Waals surface area (Å²) < 4.78 is 2.00. The zero-order valence-electron chi connectivity index (χ0n) is 13.3. The molecule has 1 heterocycles. The van der Waals surface area contributed by atoms with Crippen molar-refractivity contribution in [2.75, 3.05) is 0 Å². The highest BCUT2D eigenvalue weighted by molar-refractivity contribution is 5.73. The minimum atomic E-state index is 0.0996. The molecule has 4 heteroatoms. The van der Waals surface area contributed by atoms with Crippen molar-refractivity contribution in [2.24, 2.45) is 5.92 Å². The number of nitrogens with one attached hydrogen (secondary N) is 1. The van der Waals surface area contributed by atoms with Gasteiger partial charge in [0, 0.05) is 6.04 Å². The minimum Gasteiger partial charge on any atom is -0.289 e. The van der Waals surface area contributed by atoms with Crippen LogP contribution in [-0.4, -0.2) is 15.0 Å². The summed E-state index contributed by atoms with van der Waals surface area (Å²) in [6.45, 7) is 6.58. The Hall–Kier alpha value is -2.20. The highest BCUT2D eigenvalue weighted by atomic mass is 15.5. The first-order valence-electron chi connectivity index (χ1n) is 7.77. The zero-order chi connectivity index (χ0) is 15.5. The van der Waals surface area contributed by atoms with Gasteiger partial charge in [-0.1, -0.05) is 61.5 Å². The number of benzene rings is 2. The fourth-order valence-corrected chi connectivity index (χ4v) is 2.73. The van der Waals surface area contributed by atoms with Gasteiger partial charge in [-0.2, -0.15) is 0 Å². The number of hydrogen-bond donors (Lipinski definition) is 1. The van der Waals surface area contributed by atoms with Crippen molar-refractivity contribution in [2.45, 2.75) is 33.0 Å². The Morgan fingerprint density at radius 2 is 1.59 bits per heavy atom. The van der Waals surface area contributed by atoms with Crippen LogP contribution < -0.4 is 5.32 Å². The highest BCUT2D eigenvalue weighted by Gasteiger charge is 2.21. The van der Waals surface area contributed by atoms with Gasteiger partial charge in [-0.05, 0) is 30.5 Å². The molecule has 4 nitrogen and oxygen atoms in total. The van der Waals surface area contributed by atoms with Crippen LogP contribution in [0.4, 0.5) is 0 Å². The Labute approximate surface area is 131 Å². The number of para-hydroxylation sites is 1. The molecule has 0 aliphatic heterocycles. The van der Waals surface area contributed by atoms with Crippen LogP contribution in [0.25, 0.3) is 11.0 Å². The molecular weight excluding hydrogens is 272 g/mol. The largest absolute Gasteiger partial charge is 0.289 e. The summed E-state index contributed by atoms with van der Waals surface area (Å²) >= 11 is 0. The van der Waals surface area contributed by atoms with Crippen molar-refractivity contribution in [3.05, 3.63) is 60.2 Å². The first-order valence-corrected chi connectivity index (χ1v) is 7.77. The quantitative estimate of drug-likeness (QED) is 0.775. The van der Waals surface area contributed by atoms with Crippen LogP contribution >= 0.6 is 0 Å². The van der Waals surface area contributed by atoms with Crippen LogP contribution in [0, 0.1) is 5.92 Å². The number of aromatic nitrogens is 3. The van der Waals surface area contributed by atoms with Gasteiger partial charge in [0.2, 0.25) is 0 Å². The van der Waals surface area contributed by atoms with E-state index in [0.29, 0.717) is 5.92 Å². The molecule has 2 aromatic carbocycles. The Balaban J connectivity index is 1.90. The van der Waals surface area contributed by atoms with Gasteiger partial charge in [-0.25, -0.2) is 4.68 Å². The van der Waals surface area contributed by atoms with Crippen LogP contribution in [-0.2, 0) is 0 Å². The van der Waals surface area contributed by atoms with Gasteiger partial charge in [0.05, 0.1) is 5.52 Å². The Bertz CT molecular complexity index is 733. The summed E-state index contributed by atoms with van der Waals surface area (Å²) in [5.74, 6) is 0.399. The van der Waals surface area contributed by atoms with Crippen LogP contribution in [0.3, 0.4) is 0 Å². The van der Waals surface area contributed by atoms with E-state index >= 15 is 0 Å². The molecule has 0 saturated carbocycles. The Kier molecular flexibility index (Phi) is 4.20.